The van der Waals surface area contributed by atoms with Crippen LogP contribution in [0.25, 0.3) is 44.6 Å². The predicted octanol–water partition coefficient (Wildman–Crippen LogP) is 12.9. The van der Waals surface area contributed by atoms with Crippen LogP contribution in [0, 0.1) is 29.4 Å². The second kappa shape index (κ2) is 17.8. The summed E-state index contributed by atoms with van der Waals surface area (Å²) in [5.74, 6) is 2.20. The Labute approximate surface area is 344 Å². The van der Waals surface area contributed by atoms with E-state index < -0.39 is 8.07 Å². The molecule has 1 atom stereocenters. The Morgan fingerprint density at radius 1 is 0.818 bits per heavy atom. The van der Waals surface area contributed by atoms with Crippen LogP contribution in [0.2, 0.25) is 19.6 Å². The standard InChI is InChI=1S/C29H33N2O.C20H26NSi.Ir/c1-19(20-9-6-5-7-10-20)21-15-16-30-26(17-21)25-12-8-11-23-24-14-13-22(18-29(2,3)4)31-28(24)32-27(23)25;1-22(2,3)20-15-21-19(17-11-5-4-6-12-17)14-18(20)13-16-9-7-8-10-16;/h8,11,13-17,19-20H,5-7,9-10,18H2,1-4H3;4-6,11,14-16H,7-10,13H2,1-3H3;/q2*-1;. The molecule has 2 aromatic carbocycles. The maximum atomic E-state index is 6.33. The first-order valence-corrected chi connectivity index (χ1v) is 24.1. The summed E-state index contributed by atoms with van der Waals surface area (Å²) in [6.07, 6.45) is 18.7. The summed E-state index contributed by atoms with van der Waals surface area (Å²) in [6, 6.07) is 30.0. The zero-order valence-corrected chi connectivity index (χ0v) is 37.5. The van der Waals surface area contributed by atoms with Crippen LogP contribution in [0.4, 0.5) is 0 Å². The number of pyridine rings is 3. The minimum atomic E-state index is -1.35. The minimum Gasteiger partial charge on any atom is -0.486 e. The molecule has 0 N–H and O–H groups in total. The fourth-order valence-corrected chi connectivity index (χ4v) is 10.4. The maximum Gasteiger partial charge on any atom is 0.216 e. The van der Waals surface area contributed by atoms with Crippen molar-refractivity contribution in [2.75, 3.05) is 0 Å². The molecule has 291 valence electrons. The van der Waals surface area contributed by atoms with Crippen LogP contribution < -0.4 is 5.19 Å². The smallest absolute Gasteiger partial charge is 0.216 e. The van der Waals surface area contributed by atoms with Gasteiger partial charge in [-0.1, -0.05) is 126 Å². The van der Waals surface area contributed by atoms with Crippen molar-refractivity contribution in [2.45, 2.75) is 124 Å². The molecule has 55 heavy (non-hydrogen) atoms. The molecule has 0 saturated heterocycles. The fourth-order valence-electron chi connectivity index (χ4n) is 8.83. The Hall–Kier alpha value is -3.44. The molecule has 0 amide bonds. The summed E-state index contributed by atoms with van der Waals surface area (Å²) in [5, 5.41) is 3.68. The molecule has 2 fully saturated rings. The number of nitrogens with zero attached hydrogens (tertiary/aromatic N) is 3. The summed E-state index contributed by atoms with van der Waals surface area (Å²) < 4.78 is 6.33. The van der Waals surface area contributed by atoms with Crippen LogP contribution in [0.1, 0.15) is 108 Å². The average molecular weight is 926 g/mol. The van der Waals surface area contributed by atoms with Crippen molar-refractivity contribution in [3.8, 4) is 22.5 Å². The zero-order chi connectivity index (χ0) is 37.9. The van der Waals surface area contributed by atoms with Crippen LogP contribution in [0.5, 0.6) is 0 Å². The van der Waals surface area contributed by atoms with E-state index in [0.29, 0.717) is 11.6 Å². The van der Waals surface area contributed by atoms with Crippen LogP contribution in [-0.4, -0.2) is 23.0 Å². The Kier molecular flexibility index (Phi) is 13.3. The normalized spacial score (nSPS) is 16.1. The molecule has 0 spiro atoms. The topological polar surface area (TPSA) is 51.8 Å². The van der Waals surface area contributed by atoms with Crippen LogP contribution in [0.3, 0.4) is 0 Å². The van der Waals surface area contributed by atoms with Crippen molar-refractivity contribution in [3.63, 3.8) is 0 Å². The third-order valence-corrected chi connectivity index (χ3v) is 13.8. The number of furan rings is 1. The molecule has 6 aromatic rings. The van der Waals surface area contributed by atoms with Gasteiger partial charge < -0.3 is 14.4 Å². The fraction of sp³-hybridized carbons (Fsp3) is 0.449. The number of fused-ring (bicyclic) bond motifs is 3. The van der Waals surface area contributed by atoms with E-state index in [1.807, 2.05) is 24.4 Å². The summed E-state index contributed by atoms with van der Waals surface area (Å²) in [7, 11) is -1.35. The number of aromatic nitrogens is 3. The largest absolute Gasteiger partial charge is 0.486 e. The third-order valence-electron chi connectivity index (χ3n) is 11.8. The summed E-state index contributed by atoms with van der Waals surface area (Å²) >= 11 is 0. The quantitative estimate of drug-likeness (QED) is 0.113. The van der Waals surface area contributed by atoms with Gasteiger partial charge in [-0.2, -0.15) is 0 Å². The van der Waals surface area contributed by atoms with E-state index in [2.05, 4.69) is 114 Å². The van der Waals surface area contributed by atoms with E-state index in [9.17, 15) is 0 Å². The van der Waals surface area contributed by atoms with E-state index in [0.717, 1.165) is 62.8 Å². The molecule has 2 aliphatic carbocycles. The van der Waals surface area contributed by atoms with Gasteiger partial charge in [-0.15, -0.1) is 54.1 Å². The monoisotopic (exact) mass is 926 g/mol. The van der Waals surface area contributed by atoms with Gasteiger partial charge >= 0.3 is 0 Å². The Morgan fingerprint density at radius 3 is 2.29 bits per heavy atom. The van der Waals surface area contributed by atoms with E-state index in [1.165, 1.54) is 69.8 Å². The van der Waals surface area contributed by atoms with Crippen molar-refractivity contribution in [3.05, 3.63) is 108 Å². The van der Waals surface area contributed by atoms with Crippen molar-refractivity contribution in [2.24, 2.45) is 17.3 Å². The van der Waals surface area contributed by atoms with Gasteiger partial charge in [0.2, 0.25) is 5.71 Å². The van der Waals surface area contributed by atoms with Crippen LogP contribution in [0.15, 0.2) is 83.5 Å². The number of rotatable bonds is 8. The molecule has 2 aliphatic rings. The van der Waals surface area contributed by atoms with Crippen molar-refractivity contribution < 1.29 is 24.5 Å². The molecule has 4 aromatic heterocycles. The molecule has 8 rings (SSSR count). The summed E-state index contributed by atoms with van der Waals surface area (Å²) in [5.41, 5.74) is 9.75. The van der Waals surface area contributed by atoms with Crippen LogP contribution in [-0.2, 0) is 32.9 Å². The number of hydrogen-bond acceptors (Lipinski definition) is 4. The summed E-state index contributed by atoms with van der Waals surface area (Å²) in [6.45, 7) is 16.4. The first-order chi connectivity index (χ1) is 25.9. The zero-order valence-electron chi connectivity index (χ0n) is 34.1. The third kappa shape index (κ3) is 10.1. The molecule has 2 saturated carbocycles. The Balaban J connectivity index is 0.000000196. The van der Waals surface area contributed by atoms with Gasteiger partial charge in [-0.05, 0) is 83.6 Å². The number of benzene rings is 2. The molecule has 1 radical (unpaired) electrons. The second-order valence-electron chi connectivity index (χ2n) is 18.4. The Morgan fingerprint density at radius 2 is 1.58 bits per heavy atom. The average Bonchev–Trinajstić information content (AvgIpc) is 3.82. The maximum absolute atomic E-state index is 6.33. The molecule has 6 heteroatoms. The SMILES string of the molecule is CC(c1ccnc(-c2[c-]ccc3c2oc2nc(CC(C)(C)C)ccc23)c1)C1CCCCC1.C[Si](C)(C)c1cnc(-c2[c-]cccc2)cc1CC1CCCC1.[Ir]. The van der Waals surface area contributed by atoms with E-state index in [-0.39, 0.29) is 25.5 Å². The van der Waals surface area contributed by atoms with Gasteiger partial charge in [-0.3, -0.25) is 0 Å². The first kappa shape index (κ1) is 41.2. The molecule has 0 bridgehead atoms. The van der Waals surface area contributed by atoms with E-state index in [4.69, 9.17) is 19.4 Å². The van der Waals surface area contributed by atoms with Crippen molar-refractivity contribution >= 4 is 35.3 Å². The molecular weight excluding hydrogens is 867 g/mol. The van der Waals surface area contributed by atoms with Gasteiger partial charge in [0, 0.05) is 43.6 Å². The molecule has 1 unspecified atom stereocenters. The van der Waals surface area contributed by atoms with E-state index in [1.54, 1.807) is 10.8 Å². The second-order valence-corrected chi connectivity index (χ2v) is 23.4. The van der Waals surface area contributed by atoms with Crippen molar-refractivity contribution in [1.82, 2.24) is 15.0 Å². The molecule has 0 aliphatic heterocycles. The minimum absolute atomic E-state index is 0. The van der Waals surface area contributed by atoms with Gasteiger partial charge in [0.1, 0.15) is 0 Å². The van der Waals surface area contributed by atoms with Gasteiger partial charge in [0.25, 0.3) is 0 Å². The first-order valence-electron chi connectivity index (χ1n) is 20.6. The van der Waals surface area contributed by atoms with E-state index >= 15 is 0 Å². The Bertz CT molecular complexity index is 2170. The number of hydrogen-bond donors (Lipinski definition) is 0. The van der Waals surface area contributed by atoms with Crippen molar-refractivity contribution in [1.29, 1.82) is 0 Å². The van der Waals surface area contributed by atoms with Crippen LogP contribution >= 0.6 is 0 Å². The summed E-state index contributed by atoms with van der Waals surface area (Å²) in [4.78, 5) is 14.3. The van der Waals surface area contributed by atoms with Gasteiger partial charge in [-0.25, -0.2) is 4.98 Å². The molecule has 4 nitrogen and oxygen atoms in total. The molecule has 4 heterocycles. The predicted molar refractivity (Wildman–Crippen MR) is 229 cm³/mol. The van der Waals surface area contributed by atoms with Gasteiger partial charge in [0.05, 0.1) is 13.7 Å². The van der Waals surface area contributed by atoms with Gasteiger partial charge in [0.15, 0.2) is 0 Å². The molecular formula is C49H59IrN3OSi-2.